The van der Waals surface area contributed by atoms with Crippen molar-refractivity contribution in [2.24, 2.45) is 0 Å². The Bertz CT molecular complexity index is 342. The van der Waals surface area contributed by atoms with Crippen molar-refractivity contribution in [3.8, 4) is 0 Å². The third kappa shape index (κ3) is 1.47. The standard InChI is InChI=1S/C9H11NO3/c1-4(11)7-6(3)13-9(10)8(7)5(2)12/h10H2,1-3H3. The Labute approximate surface area is 75.7 Å². The Morgan fingerprint density at radius 2 is 1.62 bits per heavy atom. The van der Waals surface area contributed by atoms with Crippen molar-refractivity contribution in [2.75, 3.05) is 5.73 Å². The van der Waals surface area contributed by atoms with Gasteiger partial charge in [-0.3, -0.25) is 9.59 Å². The maximum absolute atomic E-state index is 11.1. The minimum Gasteiger partial charge on any atom is -0.445 e. The van der Waals surface area contributed by atoms with Crippen molar-refractivity contribution >= 4 is 17.5 Å². The number of rotatable bonds is 2. The maximum atomic E-state index is 11.1. The molecule has 1 aromatic heterocycles. The third-order valence-electron chi connectivity index (χ3n) is 1.82. The lowest BCUT2D eigenvalue weighted by Crippen LogP contribution is -2.04. The first-order valence-corrected chi connectivity index (χ1v) is 3.86. The average Bonchev–Trinajstić information content (AvgIpc) is 2.24. The van der Waals surface area contributed by atoms with Gasteiger partial charge in [0, 0.05) is 0 Å². The molecule has 0 spiro atoms. The Kier molecular flexibility index (Phi) is 2.23. The van der Waals surface area contributed by atoms with E-state index < -0.39 is 0 Å². The summed E-state index contributed by atoms with van der Waals surface area (Å²) in [5, 5.41) is 0. The van der Waals surface area contributed by atoms with E-state index in [1.165, 1.54) is 13.8 Å². The van der Waals surface area contributed by atoms with Crippen molar-refractivity contribution in [2.45, 2.75) is 20.8 Å². The molecule has 13 heavy (non-hydrogen) atoms. The number of ketones is 2. The summed E-state index contributed by atoms with van der Waals surface area (Å²) in [5.41, 5.74) is 5.94. The van der Waals surface area contributed by atoms with E-state index in [0.717, 1.165) is 0 Å². The second-order valence-electron chi connectivity index (χ2n) is 2.88. The molecule has 0 saturated carbocycles. The molecule has 70 valence electrons. The normalized spacial score (nSPS) is 10.1. The topological polar surface area (TPSA) is 73.3 Å². The van der Waals surface area contributed by atoms with E-state index in [-0.39, 0.29) is 23.0 Å². The fourth-order valence-corrected chi connectivity index (χ4v) is 1.34. The second kappa shape index (κ2) is 3.05. The fourth-order valence-electron chi connectivity index (χ4n) is 1.34. The van der Waals surface area contributed by atoms with Gasteiger partial charge in [-0.25, -0.2) is 0 Å². The van der Waals surface area contributed by atoms with Crippen LogP contribution in [0.5, 0.6) is 0 Å². The molecule has 0 atom stereocenters. The molecular weight excluding hydrogens is 170 g/mol. The van der Waals surface area contributed by atoms with Crippen molar-refractivity contribution < 1.29 is 14.0 Å². The van der Waals surface area contributed by atoms with Gasteiger partial charge in [-0.2, -0.15) is 0 Å². The Morgan fingerprint density at radius 1 is 1.15 bits per heavy atom. The number of carbonyl (C=O) groups excluding carboxylic acids is 2. The number of nitrogen functional groups attached to an aromatic ring is 1. The highest BCUT2D eigenvalue weighted by molar-refractivity contribution is 6.10. The van der Waals surface area contributed by atoms with Crippen molar-refractivity contribution in [3.05, 3.63) is 16.9 Å². The lowest BCUT2D eigenvalue weighted by molar-refractivity contribution is 0.0981. The number of carbonyl (C=O) groups is 2. The highest BCUT2D eigenvalue weighted by Gasteiger charge is 2.22. The Morgan fingerprint density at radius 3 is 1.92 bits per heavy atom. The van der Waals surface area contributed by atoms with Gasteiger partial charge in [0.05, 0.1) is 11.1 Å². The SMILES string of the molecule is CC(=O)c1c(C)oc(N)c1C(C)=O. The Balaban J connectivity index is 3.47. The first-order chi connectivity index (χ1) is 5.95. The van der Waals surface area contributed by atoms with Crippen molar-refractivity contribution in [1.29, 1.82) is 0 Å². The first-order valence-electron chi connectivity index (χ1n) is 3.86. The van der Waals surface area contributed by atoms with Gasteiger partial charge >= 0.3 is 0 Å². The van der Waals surface area contributed by atoms with Gasteiger partial charge in [0.2, 0.25) is 5.88 Å². The molecule has 2 N–H and O–H groups in total. The van der Waals surface area contributed by atoms with Crippen molar-refractivity contribution in [3.63, 3.8) is 0 Å². The number of Topliss-reactive ketones (excluding diaryl/α,β-unsaturated/α-hetero) is 2. The van der Waals surface area contributed by atoms with Gasteiger partial charge in [-0.05, 0) is 20.8 Å². The summed E-state index contributed by atoms with van der Waals surface area (Å²) in [7, 11) is 0. The molecule has 0 aliphatic heterocycles. The van der Waals surface area contributed by atoms with Gasteiger partial charge in [-0.1, -0.05) is 0 Å². The highest BCUT2D eigenvalue weighted by atomic mass is 16.4. The van der Waals surface area contributed by atoms with Crippen LogP contribution in [0.3, 0.4) is 0 Å². The smallest absolute Gasteiger partial charge is 0.202 e. The molecule has 0 radical (unpaired) electrons. The van der Waals surface area contributed by atoms with Gasteiger partial charge < -0.3 is 10.2 Å². The van der Waals surface area contributed by atoms with Crippen LogP contribution >= 0.6 is 0 Å². The monoisotopic (exact) mass is 181 g/mol. The maximum Gasteiger partial charge on any atom is 0.202 e. The molecule has 1 rings (SSSR count). The third-order valence-corrected chi connectivity index (χ3v) is 1.82. The van der Waals surface area contributed by atoms with Crippen LogP contribution in [0.2, 0.25) is 0 Å². The zero-order chi connectivity index (χ0) is 10.2. The summed E-state index contributed by atoms with van der Waals surface area (Å²) < 4.78 is 5.00. The molecule has 0 aliphatic carbocycles. The lowest BCUT2D eigenvalue weighted by Gasteiger charge is -1.94. The molecule has 0 unspecified atom stereocenters. The first kappa shape index (κ1) is 9.51. The van der Waals surface area contributed by atoms with Crippen LogP contribution in [-0.4, -0.2) is 11.6 Å². The van der Waals surface area contributed by atoms with Crippen LogP contribution in [0.1, 0.15) is 40.3 Å². The van der Waals surface area contributed by atoms with Gasteiger partial charge in [0.1, 0.15) is 5.76 Å². The molecule has 4 nitrogen and oxygen atoms in total. The average molecular weight is 181 g/mol. The number of aryl methyl sites for hydroxylation is 1. The second-order valence-corrected chi connectivity index (χ2v) is 2.88. The zero-order valence-corrected chi connectivity index (χ0v) is 7.80. The van der Waals surface area contributed by atoms with E-state index in [2.05, 4.69) is 0 Å². The number of hydrogen-bond donors (Lipinski definition) is 1. The minimum atomic E-state index is -0.250. The number of anilines is 1. The number of nitrogens with two attached hydrogens (primary N) is 1. The lowest BCUT2D eigenvalue weighted by atomic mass is 10.0. The molecule has 1 heterocycles. The van der Waals surface area contributed by atoms with Crippen LogP contribution in [0, 0.1) is 6.92 Å². The van der Waals surface area contributed by atoms with Crippen LogP contribution in [0.25, 0.3) is 0 Å². The molecule has 4 heteroatoms. The predicted octanol–water partition coefficient (Wildman–Crippen LogP) is 1.58. The number of hydrogen-bond acceptors (Lipinski definition) is 4. The molecular formula is C9H11NO3. The molecule has 0 saturated heterocycles. The predicted molar refractivity (Wildman–Crippen MR) is 47.9 cm³/mol. The molecule has 0 aromatic carbocycles. The van der Waals surface area contributed by atoms with E-state index in [0.29, 0.717) is 11.3 Å². The van der Waals surface area contributed by atoms with Gasteiger partial charge in [-0.15, -0.1) is 0 Å². The van der Waals surface area contributed by atoms with Crippen molar-refractivity contribution in [1.82, 2.24) is 0 Å². The molecule has 0 aliphatic rings. The van der Waals surface area contributed by atoms with E-state index in [4.69, 9.17) is 10.2 Å². The molecule has 0 bridgehead atoms. The van der Waals surface area contributed by atoms with E-state index in [1.807, 2.05) is 0 Å². The van der Waals surface area contributed by atoms with Crippen LogP contribution in [0.15, 0.2) is 4.42 Å². The number of furan rings is 1. The summed E-state index contributed by atoms with van der Waals surface area (Å²) in [6.45, 7) is 4.34. The zero-order valence-electron chi connectivity index (χ0n) is 7.80. The molecule has 0 fully saturated rings. The highest BCUT2D eigenvalue weighted by Crippen LogP contribution is 2.25. The summed E-state index contributed by atoms with van der Waals surface area (Å²) in [4.78, 5) is 22.2. The summed E-state index contributed by atoms with van der Waals surface area (Å²) in [6, 6.07) is 0. The molecule has 1 aromatic rings. The van der Waals surface area contributed by atoms with E-state index in [9.17, 15) is 9.59 Å². The van der Waals surface area contributed by atoms with Gasteiger partial charge in [0.15, 0.2) is 11.6 Å². The van der Waals surface area contributed by atoms with E-state index in [1.54, 1.807) is 6.92 Å². The van der Waals surface area contributed by atoms with Crippen LogP contribution < -0.4 is 5.73 Å². The minimum absolute atomic E-state index is 0.0233. The van der Waals surface area contributed by atoms with E-state index >= 15 is 0 Å². The fraction of sp³-hybridized carbons (Fsp3) is 0.333. The summed E-state index contributed by atoms with van der Waals surface area (Å²) in [5.74, 6) is -0.0342. The Hall–Kier alpha value is -1.58. The quantitative estimate of drug-likeness (QED) is 0.703. The van der Waals surface area contributed by atoms with Gasteiger partial charge in [0.25, 0.3) is 0 Å². The van der Waals surface area contributed by atoms with Crippen LogP contribution in [-0.2, 0) is 0 Å². The largest absolute Gasteiger partial charge is 0.445 e. The van der Waals surface area contributed by atoms with Crippen LogP contribution in [0.4, 0.5) is 5.88 Å². The summed E-state index contributed by atoms with van der Waals surface area (Å²) >= 11 is 0. The molecule has 0 amide bonds. The summed E-state index contributed by atoms with van der Waals surface area (Å²) in [6.07, 6.45) is 0.